The van der Waals surface area contributed by atoms with E-state index in [1.54, 1.807) is 88.5 Å². The summed E-state index contributed by atoms with van der Waals surface area (Å²) in [5, 5.41) is 83.0. The summed E-state index contributed by atoms with van der Waals surface area (Å²) < 4.78 is 0. The molecule has 2 aromatic heterocycles. The number of unbranched alkanes of at least 4 members (excludes halogenated alkanes) is 1. The number of fused-ring (bicyclic) bond motifs is 1. The largest absolute Gasteiger partial charge is 0.508 e. The zero-order valence-corrected chi connectivity index (χ0v) is 82.9. The first-order valence-electron chi connectivity index (χ1n) is 47.3. The van der Waals surface area contributed by atoms with E-state index in [4.69, 9.17) is 22.3 Å². The minimum absolute atomic E-state index is 0.00436. The number of phenolic OH excluding ortho intramolecular Hbond substituents is 1. The number of carboxylic acid groups (broad SMARTS) is 1. The van der Waals surface area contributed by atoms with Gasteiger partial charge in [0.25, 0.3) is 0 Å². The van der Waals surface area contributed by atoms with Gasteiger partial charge in [0.1, 0.15) is 103 Å². The van der Waals surface area contributed by atoms with E-state index < -0.39 is 272 Å². The van der Waals surface area contributed by atoms with Crippen LogP contribution in [0.4, 0.5) is 0 Å². The van der Waals surface area contributed by atoms with Crippen LogP contribution in [0.15, 0.2) is 97.6 Å². The first-order chi connectivity index (χ1) is 69.0. The van der Waals surface area contributed by atoms with Gasteiger partial charge in [-0.15, -0.1) is 0 Å². The minimum atomic E-state index is -1.87. The molecule has 16 atom stereocenters. The van der Waals surface area contributed by atoms with Crippen LogP contribution in [0.2, 0.25) is 0 Å². The molecule has 50 nitrogen and oxygen atoms in total. The summed E-state index contributed by atoms with van der Waals surface area (Å²) in [6.07, 6.45) is 2.32. The van der Waals surface area contributed by atoms with Crippen molar-refractivity contribution in [3.63, 3.8) is 0 Å². The smallest absolute Gasteiger partial charge is 0.322 e. The number of aromatic hydroxyl groups is 1. The number of aromatic amines is 2. The summed E-state index contributed by atoms with van der Waals surface area (Å²) in [6.45, 7) is 5.03. The van der Waals surface area contributed by atoms with Gasteiger partial charge in [-0.05, 0) is 125 Å². The molecule has 0 unspecified atom stereocenters. The molecule has 3 aromatic carbocycles. The first kappa shape index (κ1) is 118. The van der Waals surface area contributed by atoms with Gasteiger partial charge in [0, 0.05) is 85.7 Å². The number of likely N-dealkylation sites (tertiary alicyclic amines) is 2. The third-order valence-electron chi connectivity index (χ3n) is 23.6. The summed E-state index contributed by atoms with van der Waals surface area (Å²) in [7, 11) is 0. The highest BCUT2D eigenvalue weighted by Gasteiger charge is 2.44. The molecular formula is C93H133N25O25S2. The van der Waals surface area contributed by atoms with Crippen LogP contribution >= 0.6 is 25.3 Å². The molecule has 2 aliphatic rings. The summed E-state index contributed by atoms with van der Waals surface area (Å²) >= 11 is 8.66. The van der Waals surface area contributed by atoms with Crippen molar-refractivity contribution in [3.8, 4) is 5.75 Å². The molecule has 0 spiro atoms. The minimum Gasteiger partial charge on any atom is -0.508 e. The molecule has 5 aromatic rings. The number of primary amides is 1. The van der Waals surface area contributed by atoms with Crippen LogP contribution in [0.3, 0.4) is 0 Å². The first-order valence-corrected chi connectivity index (χ1v) is 48.6. The Bertz CT molecular complexity index is 5330. The van der Waals surface area contributed by atoms with Gasteiger partial charge >= 0.3 is 5.97 Å². The number of nitrogens with one attached hydrogen (secondary N) is 19. The van der Waals surface area contributed by atoms with Crippen molar-refractivity contribution in [1.82, 2.24) is 115 Å². The standard InChI is InChI=1S/C93H133N25O25S2/c1-48(2)32-61(82(132)104-50(5)79(129)107-64(35-54-38-98-58-19-11-10-18-57(54)58)85(135)116-77(49(3)4)91(141)114-68(46-145)87(137)106-60(20-12-13-29-94)93(143)118-31-15-22-70(118)90(140)105-59(27-28-71(96)122)80(130)101-40-73(124)100-43-76(127)128)110-89(139)69-21-14-30-117(69)75(126)42-102-81(131)62(33-52-16-8-7-9-17-52)108-84(134)65(36-55-39-97-47-103-55)109-88(138)67(45-144)113-86(136)66(44-119)112-83(133)63(34-53-23-25-56(121)26-24-53)111-92(142)78(51(6)120)115-74(125)41-99-72(123)37-95/h7-11,16-19,23-26,38-39,47-51,59-70,77-78,98,119-121,144-145H,12-15,20-22,27-37,40-46,94-95H2,1-6H3,(H2,96,122)(H,97,103)(H,99,123)(H,100,124)(H,101,130)(H,102,131)(H,104,132)(H,105,140)(H,106,137)(H,107,129)(H,108,134)(H,109,138)(H,110,139)(H,111,142)(H,112,133)(H,113,136)(H,114,141)(H,115,125)(H,116,135)(H,127,128)/t50-,51+,59-,60-,61-,62-,63-,64-,65-,66-,67-,68-,69-,70-,77-,78-/m0/s1. The average molecular weight is 2070 g/mol. The Morgan fingerprint density at radius 3 is 1.55 bits per heavy atom. The Morgan fingerprint density at radius 2 is 0.966 bits per heavy atom. The number of carbonyl (C=O) groups is 21. The van der Waals surface area contributed by atoms with Crippen LogP contribution in [-0.4, -0.2) is 336 Å². The van der Waals surface area contributed by atoms with Gasteiger partial charge in [0.15, 0.2) is 0 Å². The number of nitrogens with two attached hydrogens (primary N) is 3. The molecule has 2 fully saturated rings. The number of phenols is 1. The molecule has 145 heavy (non-hydrogen) atoms. The van der Waals surface area contributed by atoms with E-state index in [9.17, 15) is 116 Å². The molecule has 4 heterocycles. The van der Waals surface area contributed by atoms with Crippen LogP contribution in [0.25, 0.3) is 10.9 Å². The van der Waals surface area contributed by atoms with Gasteiger partial charge < -0.3 is 148 Å². The number of carboxylic acids is 1. The fourth-order valence-corrected chi connectivity index (χ4v) is 16.3. The fraction of sp³-hybridized carbons (Fsp3) is 0.527. The van der Waals surface area contributed by atoms with Crippen molar-refractivity contribution in [3.05, 3.63) is 120 Å². The van der Waals surface area contributed by atoms with E-state index in [1.807, 2.05) is 0 Å². The van der Waals surface area contributed by atoms with Crippen LogP contribution < -0.4 is 108 Å². The Hall–Kier alpha value is -14.4. The quantitative estimate of drug-likeness (QED) is 0.0127. The molecule has 792 valence electrons. The molecule has 0 radical (unpaired) electrons. The lowest BCUT2D eigenvalue weighted by atomic mass is 10.00. The zero-order chi connectivity index (χ0) is 107. The van der Waals surface area contributed by atoms with Crippen molar-refractivity contribution in [2.24, 2.45) is 29.0 Å². The molecule has 2 saturated heterocycles. The van der Waals surface area contributed by atoms with E-state index in [0.717, 1.165) is 6.92 Å². The number of para-hydroxylation sites is 1. The monoisotopic (exact) mass is 2060 g/mol. The van der Waals surface area contributed by atoms with Crippen molar-refractivity contribution < 1.29 is 121 Å². The Morgan fingerprint density at radius 1 is 0.469 bits per heavy atom. The molecule has 52 heteroatoms. The third kappa shape index (κ3) is 37.7. The SMILES string of the molecule is CC(C)C[C@H](NC(=O)[C@@H]1CCCN1C(=O)CNC(=O)[C@H](Cc1ccccc1)NC(=O)[C@H](Cc1cnc[nH]1)NC(=O)[C@H](CS)NC(=O)[C@H](CO)NC(=O)[C@H](Cc1ccc(O)cc1)NC(=O)[C@@H](NC(=O)CNC(=O)CN)[C@@H](C)O)C(=O)N[C@@H](C)C(=O)N[C@@H](Cc1c[nH]c2ccccc12)C(=O)N[C@H](C(=O)N[C@@H](CS)C(=O)N[C@@H](CCCCN)C(=O)N1CCC[C@H]1C(=O)N[C@@H](CCC(N)=O)C(=O)NCC(=O)NCC(=O)O)C(C)C. The molecule has 29 N–H and O–H groups in total. The highest BCUT2D eigenvalue weighted by atomic mass is 32.1. The number of thiol groups is 2. The van der Waals surface area contributed by atoms with Gasteiger partial charge in [-0.3, -0.25) is 101 Å². The van der Waals surface area contributed by atoms with Crippen molar-refractivity contribution in [2.75, 3.05) is 70.5 Å². The van der Waals surface area contributed by atoms with Gasteiger partial charge in [-0.2, -0.15) is 25.3 Å². The van der Waals surface area contributed by atoms with E-state index in [2.05, 4.69) is 131 Å². The Labute approximate surface area is 845 Å². The topological polar surface area (TPSA) is 773 Å². The maximum absolute atomic E-state index is 14.9. The summed E-state index contributed by atoms with van der Waals surface area (Å²) in [5.41, 5.74) is 18.8. The van der Waals surface area contributed by atoms with E-state index in [0.29, 0.717) is 46.9 Å². The molecule has 0 bridgehead atoms. The number of aromatic nitrogens is 3. The normalized spacial score (nSPS) is 16.2. The average Bonchev–Trinajstić information content (AvgIpc) is 1.68. The zero-order valence-electron chi connectivity index (χ0n) is 81.1. The van der Waals surface area contributed by atoms with Crippen molar-refractivity contribution in [2.45, 2.75) is 228 Å². The lowest BCUT2D eigenvalue weighted by Crippen LogP contribution is -2.62. The Kier molecular flexibility index (Phi) is 47.9. The van der Waals surface area contributed by atoms with Gasteiger partial charge in [0.05, 0.1) is 45.2 Å². The maximum Gasteiger partial charge on any atom is 0.322 e. The number of benzene rings is 3. The number of amides is 20. The second kappa shape index (κ2) is 59.0. The summed E-state index contributed by atoms with van der Waals surface area (Å²) in [6, 6.07) is -1.59. The number of aliphatic carboxylic acids is 1. The number of aliphatic hydroxyl groups is 2. The predicted octanol–water partition coefficient (Wildman–Crippen LogP) is -7.99. The molecule has 20 amide bonds. The van der Waals surface area contributed by atoms with Gasteiger partial charge in [0.2, 0.25) is 118 Å². The molecule has 7 rings (SSSR count). The van der Waals surface area contributed by atoms with Crippen LogP contribution in [0.5, 0.6) is 5.75 Å². The number of aliphatic hydroxyl groups excluding tert-OH is 2. The van der Waals surface area contributed by atoms with Gasteiger partial charge in [-0.1, -0.05) is 88.4 Å². The number of hydrogen-bond donors (Lipinski definition) is 28. The highest BCUT2D eigenvalue weighted by Crippen LogP contribution is 2.25. The molecule has 0 aliphatic carbocycles. The second-order valence-corrected chi connectivity index (χ2v) is 36.5. The van der Waals surface area contributed by atoms with Crippen molar-refractivity contribution >= 4 is 160 Å². The number of hydrogen-bond acceptors (Lipinski definition) is 29. The van der Waals surface area contributed by atoms with E-state index in [-0.39, 0.29) is 113 Å². The number of nitrogens with zero attached hydrogens (tertiary/aromatic N) is 3. The van der Waals surface area contributed by atoms with Gasteiger partial charge in [-0.25, -0.2) is 4.98 Å². The van der Waals surface area contributed by atoms with Crippen LogP contribution in [0.1, 0.15) is 128 Å². The number of rotatable bonds is 59. The molecule has 2 aliphatic heterocycles. The number of imidazole rings is 1. The van der Waals surface area contributed by atoms with Crippen molar-refractivity contribution in [1.29, 1.82) is 0 Å². The summed E-state index contributed by atoms with van der Waals surface area (Å²) in [4.78, 5) is 301. The van der Waals surface area contributed by atoms with Crippen LogP contribution in [-0.2, 0) is 126 Å². The lowest BCUT2D eigenvalue weighted by molar-refractivity contribution is -0.142. The lowest BCUT2D eigenvalue weighted by Gasteiger charge is -2.31. The second-order valence-electron chi connectivity index (χ2n) is 35.8. The highest BCUT2D eigenvalue weighted by molar-refractivity contribution is 7.80. The number of H-pyrrole nitrogens is 2. The molecular weight excluding hydrogens is 1930 g/mol. The summed E-state index contributed by atoms with van der Waals surface area (Å²) in [5.74, 6) is -21.4. The third-order valence-corrected chi connectivity index (χ3v) is 24.4. The maximum atomic E-state index is 14.9. The predicted molar refractivity (Wildman–Crippen MR) is 527 cm³/mol. The molecule has 0 saturated carbocycles. The van der Waals surface area contributed by atoms with E-state index >= 15 is 0 Å². The van der Waals surface area contributed by atoms with Crippen LogP contribution in [0, 0.1) is 11.8 Å². The Balaban J connectivity index is 0.997. The fourth-order valence-electron chi connectivity index (χ4n) is 15.8. The van der Waals surface area contributed by atoms with E-state index in [1.165, 1.54) is 53.5 Å². The number of carbonyl (C=O) groups excluding carboxylic acids is 20.